The molecule has 0 spiro atoms. The number of rotatable bonds is 5. The first kappa shape index (κ1) is 19.2. The molecule has 8 nitrogen and oxygen atoms in total. The van der Waals surface area contributed by atoms with E-state index in [1.807, 2.05) is 6.92 Å². The van der Waals surface area contributed by atoms with Gasteiger partial charge in [0.15, 0.2) is 11.5 Å². The molecule has 1 fully saturated rings. The maximum atomic E-state index is 14.2. The summed E-state index contributed by atoms with van der Waals surface area (Å²) < 4.78 is 29.7. The Kier molecular flexibility index (Phi) is 5.10. The van der Waals surface area contributed by atoms with E-state index in [2.05, 4.69) is 25.6 Å². The normalized spacial score (nSPS) is 19.1. The van der Waals surface area contributed by atoms with Gasteiger partial charge in [-0.15, -0.1) is 0 Å². The van der Waals surface area contributed by atoms with Gasteiger partial charge in [-0.25, -0.2) is 23.7 Å². The van der Waals surface area contributed by atoms with Gasteiger partial charge in [0.1, 0.15) is 6.17 Å². The van der Waals surface area contributed by atoms with Crippen LogP contribution in [0.25, 0.3) is 5.65 Å². The maximum Gasteiger partial charge on any atom is 0.258 e. The summed E-state index contributed by atoms with van der Waals surface area (Å²) in [5.41, 5.74) is 1.37. The molecule has 0 saturated carbocycles. The van der Waals surface area contributed by atoms with Crippen molar-refractivity contribution >= 4 is 23.2 Å². The van der Waals surface area contributed by atoms with E-state index in [1.54, 1.807) is 24.2 Å². The lowest BCUT2D eigenvalue weighted by Gasteiger charge is -2.16. The molecule has 2 N–H and O–H groups in total. The summed E-state index contributed by atoms with van der Waals surface area (Å²) in [6.07, 6.45) is 5.00. The van der Waals surface area contributed by atoms with Gasteiger partial charge in [0, 0.05) is 37.4 Å². The number of fused-ring (bicyclic) bond motifs is 1. The fraction of sp³-hybridized carbons (Fsp3) is 0.368. The molecule has 4 rings (SSSR count). The van der Waals surface area contributed by atoms with Crippen molar-refractivity contribution in [2.45, 2.75) is 26.1 Å². The van der Waals surface area contributed by atoms with Crippen molar-refractivity contribution in [1.82, 2.24) is 24.7 Å². The number of aryl methyl sites for hydroxylation is 1. The smallest absolute Gasteiger partial charge is 0.258 e. The molecule has 0 aliphatic carbocycles. The molecular formula is C19H21F2N7O. The number of anilines is 2. The molecule has 2 atom stereocenters. The molecule has 2 unspecified atom stereocenters. The summed E-state index contributed by atoms with van der Waals surface area (Å²) in [7, 11) is 0. The van der Waals surface area contributed by atoms with Gasteiger partial charge < -0.3 is 19.9 Å². The lowest BCUT2D eigenvalue weighted by atomic mass is 10.2. The number of hydrogen-bond donors (Lipinski definition) is 2. The zero-order valence-corrected chi connectivity index (χ0v) is 16.1. The van der Waals surface area contributed by atoms with E-state index in [0.717, 1.165) is 0 Å². The highest BCUT2D eigenvalue weighted by Gasteiger charge is 2.33. The molecule has 1 aliphatic heterocycles. The average molecular weight is 401 g/mol. The van der Waals surface area contributed by atoms with Crippen molar-refractivity contribution in [3.63, 3.8) is 0 Å². The number of amides is 1. The second kappa shape index (κ2) is 7.70. The number of nitrogens with zero attached hydrogens (tertiary/aromatic N) is 5. The highest BCUT2D eigenvalue weighted by molar-refractivity contribution is 6.03. The van der Waals surface area contributed by atoms with E-state index in [1.165, 1.54) is 22.9 Å². The molecule has 1 aliphatic rings. The molecule has 4 heterocycles. The molecule has 1 amide bonds. The third-order valence-corrected chi connectivity index (χ3v) is 4.78. The van der Waals surface area contributed by atoms with Gasteiger partial charge in [-0.2, -0.15) is 0 Å². The van der Waals surface area contributed by atoms with Crippen LogP contribution in [0, 0.1) is 12.7 Å². The third-order valence-electron chi connectivity index (χ3n) is 4.78. The number of halogens is 2. The summed E-state index contributed by atoms with van der Waals surface area (Å²) in [6.45, 7) is 5.04. The monoisotopic (exact) mass is 401 g/mol. The van der Waals surface area contributed by atoms with Gasteiger partial charge in [0.2, 0.25) is 5.95 Å². The van der Waals surface area contributed by atoms with Crippen LogP contribution >= 0.6 is 0 Å². The maximum absolute atomic E-state index is 14.2. The zero-order chi connectivity index (χ0) is 20.5. The second-order valence-corrected chi connectivity index (χ2v) is 7.00. The zero-order valence-electron chi connectivity index (χ0n) is 16.1. The Morgan fingerprint density at radius 1 is 1.28 bits per heavy atom. The van der Waals surface area contributed by atoms with Crippen LogP contribution in [-0.4, -0.2) is 57.1 Å². The fourth-order valence-corrected chi connectivity index (χ4v) is 3.43. The van der Waals surface area contributed by atoms with Gasteiger partial charge in [0.05, 0.1) is 29.5 Å². The molecule has 10 heteroatoms. The summed E-state index contributed by atoms with van der Waals surface area (Å²) in [4.78, 5) is 26.7. The fourth-order valence-electron chi connectivity index (χ4n) is 3.43. The van der Waals surface area contributed by atoms with Crippen LogP contribution in [0.3, 0.4) is 0 Å². The Hall–Kier alpha value is -3.14. The molecule has 3 aromatic heterocycles. The molecule has 0 bridgehead atoms. The first-order valence-corrected chi connectivity index (χ1v) is 9.35. The number of nitrogens with one attached hydrogen (secondary N) is 2. The predicted molar refractivity (Wildman–Crippen MR) is 104 cm³/mol. The molecule has 152 valence electrons. The minimum Gasteiger partial charge on any atom is -0.336 e. The van der Waals surface area contributed by atoms with Crippen LogP contribution in [0.15, 0.2) is 30.9 Å². The van der Waals surface area contributed by atoms with E-state index in [4.69, 9.17) is 0 Å². The quantitative estimate of drug-likeness (QED) is 0.680. The first-order valence-electron chi connectivity index (χ1n) is 9.35. The van der Waals surface area contributed by atoms with Crippen molar-refractivity contribution in [3.05, 3.63) is 47.9 Å². The predicted octanol–water partition coefficient (Wildman–Crippen LogP) is 1.96. The van der Waals surface area contributed by atoms with Crippen LogP contribution in [0.4, 0.5) is 20.4 Å². The van der Waals surface area contributed by atoms with Crippen molar-refractivity contribution in [1.29, 1.82) is 0 Å². The molecule has 1 saturated heterocycles. The highest BCUT2D eigenvalue weighted by atomic mass is 19.1. The Balaban J connectivity index is 1.46. The number of pyridine rings is 1. The second-order valence-electron chi connectivity index (χ2n) is 7.00. The standard InChI is InChI=1S/C19H21F2N7O/c1-3-22-16-10-28(9-15(16)21)19-23-5-12(6-24-19)18(29)26-13-4-14(20)17-25-11(2)7-27(17)8-13/h4-8,15-16,22H,3,9-10H2,1-2H3,(H,26,29). The summed E-state index contributed by atoms with van der Waals surface area (Å²) in [6, 6.07) is 0.949. The van der Waals surface area contributed by atoms with Crippen LogP contribution in [0.5, 0.6) is 0 Å². The summed E-state index contributed by atoms with van der Waals surface area (Å²) in [5.74, 6) is -0.638. The van der Waals surface area contributed by atoms with Crippen LogP contribution < -0.4 is 15.5 Å². The van der Waals surface area contributed by atoms with Gasteiger partial charge in [-0.3, -0.25) is 4.79 Å². The third kappa shape index (κ3) is 3.88. The molecule has 0 radical (unpaired) electrons. The van der Waals surface area contributed by atoms with E-state index in [9.17, 15) is 13.6 Å². The van der Waals surface area contributed by atoms with E-state index >= 15 is 0 Å². The lowest BCUT2D eigenvalue weighted by Crippen LogP contribution is -2.37. The van der Waals surface area contributed by atoms with E-state index in [0.29, 0.717) is 24.7 Å². The lowest BCUT2D eigenvalue weighted by molar-refractivity contribution is 0.102. The molecule has 3 aromatic rings. The van der Waals surface area contributed by atoms with Gasteiger partial charge in [-0.05, 0) is 13.5 Å². The van der Waals surface area contributed by atoms with Crippen molar-refractivity contribution < 1.29 is 13.6 Å². The number of carbonyl (C=O) groups is 1. The van der Waals surface area contributed by atoms with Gasteiger partial charge in [-0.1, -0.05) is 6.92 Å². The molecule has 0 aromatic carbocycles. The Labute approximate surface area is 166 Å². The van der Waals surface area contributed by atoms with Crippen molar-refractivity contribution in [2.24, 2.45) is 0 Å². The Morgan fingerprint density at radius 2 is 2.03 bits per heavy atom. The minimum absolute atomic E-state index is 0.195. The van der Waals surface area contributed by atoms with E-state index in [-0.39, 0.29) is 29.5 Å². The number of alkyl halides is 1. The van der Waals surface area contributed by atoms with Gasteiger partial charge >= 0.3 is 0 Å². The number of imidazole rings is 1. The minimum atomic E-state index is -1.00. The average Bonchev–Trinajstić information content (AvgIpc) is 3.25. The number of carbonyl (C=O) groups excluding carboxylic acids is 1. The van der Waals surface area contributed by atoms with Gasteiger partial charge in [0.25, 0.3) is 5.91 Å². The first-order chi connectivity index (χ1) is 13.9. The largest absolute Gasteiger partial charge is 0.336 e. The highest BCUT2D eigenvalue weighted by Crippen LogP contribution is 2.20. The number of hydrogen-bond acceptors (Lipinski definition) is 6. The molecule has 29 heavy (non-hydrogen) atoms. The molecular weight excluding hydrogens is 380 g/mol. The Morgan fingerprint density at radius 3 is 2.76 bits per heavy atom. The van der Waals surface area contributed by atoms with Crippen LogP contribution in [-0.2, 0) is 0 Å². The number of aromatic nitrogens is 4. The Bertz CT molecular complexity index is 1040. The van der Waals surface area contributed by atoms with Crippen LogP contribution in [0.2, 0.25) is 0 Å². The summed E-state index contributed by atoms with van der Waals surface area (Å²) >= 11 is 0. The van der Waals surface area contributed by atoms with Crippen molar-refractivity contribution in [3.8, 4) is 0 Å². The number of likely N-dealkylation sites (N-methyl/N-ethyl adjacent to an activating group) is 1. The van der Waals surface area contributed by atoms with Crippen LogP contribution in [0.1, 0.15) is 23.0 Å². The topological polar surface area (TPSA) is 87.5 Å². The summed E-state index contributed by atoms with van der Waals surface area (Å²) in [5, 5.41) is 5.73. The SMILES string of the molecule is CCNC1CN(c2ncc(C(=O)Nc3cc(F)c4nc(C)cn4c3)cn2)CC1F. The van der Waals surface area contributed by atoms with E-state index < -0.39 is 17.9 Å². The van der Waals surface area contributed by atoms with Crippen molar-refractivity contribution in [2.75, 3.05) is 29.9 Å².